The van der Waals surface area contributed by atoms with Crippen molar-refractivity contribution in [3.63, 3.8) is 0 Å². The lowest BCUT2D eigenvalue weighted by atomic mass is 10.0. The number of aromatic carboxylic acids is 1. The van der Waals surface area contributed by atoms with Gasteiger partial charge in [-0.1, -0.05) is 12.1 Å². The first-order valence-electron chi connectivity index (χ1n) is 10.3. The normalized spacial score (nSPS) is 11.8. The zero-order valence-corrected chi connectivity index (χ0v) is 19.5. The summed E-state index contributed by atoms with van der Waals surface area (Å²) in [7, 11) is -3.91. The SMILES string of the molecule is Cc1cc(S(=O)(=O)NCCc2ccc(Oc3ccc(OC(F)(F)F)cc3)cc2)cc(C(=O)O)c1C. The Kier molecular flexibility index (Phi) is 7.71. The molecule has 0 radical (unpaired) electrons. The highest BCUT2D eigenvalue weighted by atomic mass is 32.2. The van der Waals surface area contributed by atoms with Crippen LogP contribution in [0, 0.1) is 13.8 Å². The third-order valence-corrected chi connectivity index (χ3v) is 6.54. The molecule has 11 heteroatoms. The molecule has 0 fully saturated rings. The molecule has 3 aromatic rings. The predicted molar refractivity (Wildman–Crippen MR) is 121 cm³/mol. The van der Waals surface area contributed by atoms with Gasteiger partial charge in [0.1, 0.15) is 17.2 Å². The van der Waals surface area contributed by atoms with Crippen LogP contribution in [-0.4, -0.2) is 32.4 Å². The summed E-state index contributed by atoms with van der Waals surface area (Å²) in [5, 5.41) is 9.30. The maximum atomic E-state index is 12.6. The summed E-state index contributed by atoms with van der Waals surface area (Å²) in [6.07, 6.45) is -4.41. The van der Waals surface area contributed by atoms with E-state index in [0.29, 0.717) is 29.0 Å². The van der Waals surface area contributed by atoms with Gasteiger partial charge < -0.3 is 14.6 Å². The standard InChI is InChI=1S/C24H22F3NO6S/c1-15-13-21(14-22(16(15)2)23(29)30)35(31,32)28-12-11-17-3-5-18(6-4-17)33-19-7-9-20(10-8-19)34-24(25,26)27/h3-10,13-14,28H,11-12H2,1-2H3,(H,29,30). The van der Waals surface area contributed by atoms with Crippen LogP contribution in [0.4, 0.5) is 13.2 Å². The van der Waals surface area contributed by atoms with Crippen molar-refractivity contribution in [1.82, 2.24) is 4.72 Å². The fraction of sp³-hybridized carbons (Fsp3) is 0.208. The highest BCUT2D eigenvalue weighted by Crippen LogP contribution is 2.27. The quantitative estimate of drug-likeness (QED) is 0.411. The van der Waals surface area contributed by atoms with Crippen LogP contribution in [0.2, 0.25) is 0 Å². The summed E-state index contributed by atoms with van der Waals surface area (Å²) in [6, 6.07) is 14.3. The van der Waals surface area contributed by atoms with Gasteiger partial charge in [0.25, 0.3) is 0 Å². The summed E-state index contributed by atoms with van der Waals surface area (Å²) in [5.74, 6) is -0.803. The Hall–Kier alpha value is -3.57. The third-order valence-electron chi connectivity index (χ3n) is 5.10. The zero-order valence-electron chi connectivity index (χ0n) is 18.7. The molecule has 0 saturated carbocycles. The number of halogens is 3. The van der Waals surface area contributed by atoms with E-state index in [9.17, 15) is 31.5 Å². The Morgan fingerprint density at radius 2 is 1.49 bits per heavy atom. The molecule has 0 atom stereocenters. The highest BCUT2D eigenvalue weighted by molar-refractivity contribution is 7.89. The number of carboxylic acid groups (broad SMARTS) is 1. The van der Waals surface area contributed by atoms with Crippen molar-refractivity contribution < 1.29 is 41.0 Å². The fourth-order valence-corrected chi connectivity index (χ4v) is 4.33. The van der Waals surface area contributed by atoms with Gasteiger partial charge in [-0.3, -0.25) is 0 Å². The van der Waals surface area contributed by atoms with Gasteiger partial charge in [-0.25, -0.2) is 17.9 Å². The van der Waals surface area contributed by atoms with Crippen molar-refractivity contribution >= 4 is 16.0 Å². The van der Waals surface area contributed by atoms with Crippen molar-refractivity contribution in [2.45, 2.75) is 31.5 Å². The minimum Gasteiger partial charge on any atom is -0.478 e. The molecule has 0 aromatic heterocycles. The van der Waals surface area contributed by atoms with E-state index in [-0.39, 0.29) is 22.8 Å². The number of hydrogen-bond donors (Lipinski definition) is 2. The van der Waals surface area contributed by atoms with Crippen LogP contribution >= 0.6 is 0 Å². The number of carbonyl (C=O) groups is 1. The Balaban J connectivity index is 1.57. The number of alkyl halides is 3. The van der Waals surface area contributed by atoms with E-state index in [2.05, 4.69) is 9.46 Å². The molecule has 0 spiro atoms. The van der Waals surface area contributed by atoms with Crippen LogP contribution in [0.3, 0.4) is 0 Å². The van der Waals surface area contributed by atoms with Gasteiger partial charge in [-0.15, -0.1) is 13.2 Å². The number of carboxylic acids is 1. The van der Waals surface area contributed by atoms with E-state index >= 15 is 0 Å². The van der Waals surface area contributed by atoms with E-state index in [4.69, 9.17) is 4.74 Å². The highest BCUT2D eigenvalue weighted by Gasteiger charge is 2.31. The van der Waals surface area contributed by atoms with Crippen molar-refractivity contribution in [3.8, 4) is 17.2 Å². The van der Waals surface area contributed by atoms with E-state index < -0.39 is 22.4 Å². The molecular formula is C24H22F3NO6S. The maximum Gasteiger partial charge on any atom is 0.573 e. The minimum atomic E-state index is -4.77. The molecular weight excluding hydrogens is 487 g/mol. The summed E-state index contributed by atoms with van der Waals surface area (Å²) >= 11 is 0. The summed E-state index contributed by atoms with van der Waals surface area (Å²) in [4.78, 5) is 11.3. The molecule has 3 aromatic carbocycles. The smallest absolute Gasteiger partial charge is 0.478 e. The Morgan fingerprint density at radius 1 is 0.943 bits per heavy atom. The first kappa shape index (κ1) is 26.0. The molecule has 0 aliphatic carbocycles. The van der Waals surface area contributed by atoms with Gasteiger partial charge in [-0.05, 0) is 85.5 Å². The average Bonchev–Trinajstić information content (AvgIpc) is 2.76. The monoisotopic (exact) mass is 509 g/mol. The summed E-state index contributed by atoms with van der Waals surface area (Å²) in [6.45, 7) is 3.35. The van der Waals surface area contributed by atoms with E-state index in [1.54, 1.807) is 38.1 Å². The first-order valence-corrected chi connectivity index (χ1v) is 11.8. The van der Waals surface area contributed by atoms with Crippen molar-refractivity contribution in [3.05, 3.63) is 82.9 Å². The van der Waals surface area contributed by atoms with Crippen molar-refractivity contribution in [2.24, 2.45) is 0 Å². The number of benzene rings is 3. The molecule has 186 valence electrons. The molecule has 0 unspecified atom stereocenters. The molecule has 7 nitrogen and oxygen atoms in total. The van der Waals surface area contributed by atoms with Gasteiger partial charge in [0, 0.05) is 6.54 Å². The molecule has 0 bridgehead atoms. The Bertz CT molecular complexity index is 1300. The molecule has 0 heterocycles. The molecule has 0 aliphatic heterocycles. The first-order chi connectivity index (χ1) is 16.3. The number of aryl methyl sites for hydroxylation is 1. The third kappa shape index (κ3) is 7.20. The van der Waals surface area contributed by atoms with Crippen LogP contribution in [-0.2, 0) is 16.4 Å². The molecule has 3 rings (SSSR count). The van der Waals surface area contributed by atoms with E-state index in [0.717, 1.165) is 23.8 Å². The summed E-state index contributed by atoms with van der Waals surface area (Å²) < 4.78 is 73.8. The second-order valence-corrected chi connectivity index (χ2v) is 9.40. The molecule has 0 amide bonds. The minimum absolute atomic E-state index is 0.0662. The molecule has 0 aliphatic rings. The largest absolute Gasteiger partial charge is 0.573 e. The van der Waals surface area contributed by atoms with Gasteiger partial charge in [-0.2, -0.15) is 0 Å². The van der Waals surface area contributed by atoms with Gasteiger partial charge in [0.15, 0.2) is 0 Å². The van der Waals surface area contributed by atoms with Crippen LogP contribution in [0.1, 0.15) is 27.0 Å². The average molecular weight is 510 g/mol. The Morgan fingerprint density at radius 3 is 2.03 bits per heavy atom. The topological polar surface area (TPSA) is 102 Å². The molecule has 35 heavy (non-hydrogen) atoms. The van der Waals surface area contributed by atoms with Gasteiger partial charge >= 0.3 is 12.3 Å². The number of nitrogens with one attached hydrogen (secondary N) is 1. The lowest BCUT2D eigenvalue weighted by Crippen LogP contribution is -2.26. The van der Waals surface area contributed by atoms with Crippen LogP contribution in [0.5, 0.6) is 17.2 Å². The van der Waals surface area contributed by atoms with Crippen LogP contribution in [0.15, 0.2) is 65.6 Å². The van der Waals surface area contributed by atoms with Crippen LogP contribution < -0.4 is 14.2 Å². The van der Waals surface area contributed by atoms with Gasteiger partial charge in [0.2, 0.25) is 10.0 Å². The molecule has 0 saturated heterocycles. The Labute approximate surface area is 200 Å². The second kappa shape index (κ2) is 10.4. The molecule has 2 N–H and O–H groups in total. The lowest BCUT2D eigenvalue weighted by molar-refractivity contribution is -0.274. The number of sulfonamides is 1. The lowest BCUT2D eigenvalue weighted by Gasteiger charge is -2.12. The summed E-state index contributed by atoms with van der Waals surface area (Å²) in [5.41, 5.74) is 1.80. The van der Waals surface area contributed by atoms with E-state index in [1.165, 1.54) is 18.2 Å². The van der Waals surface area contributed by atoms with Gasteiger partial charge in [0.05, 0.1) is 10.5 Å². The number of rotatable bonds is 9. The number of ether oxygens (including phenoxy) is 2. The fourth-order valence-electron chi connectivity index (χ4n) is 3.19. The van der Waals surface area contributed by atoms with Crippen molar-refractivity contribution in [1.29, 1.82) is 0 Å². The second-order valence-electron chi connectivity index (χ2n) is 7.63. The van der Waals surface area contributed by atoms with Crippen LogP contribution in [0.25, 0.3) is 0 Å². The predicted octanol–water partition coefficient (Wildman–Crippen LogP) is 5.21. The van der Waals surface area contributed by atoms with E-state index in [1.807, 2.05) is 0 Å². The van der Waals surface area contributed by atoms with Crippen molar-refractivity contribution in [2.75, 3.05) is 6.54 Å². The zero-order chi connectivity index (χ0) is 25.8. The number of hydrogen-bond acceptors (Lipinski definition) is 5. The maximum absolute atomic E-state index is 12.6.